The lowest BCUT2D eigenvalue weighted by molar-refractivity contribution is 0.598. The van der Waals surface area contributed by atoms with Gasteiger partial charge in [-0.1, -0.05) is 23.8 Å². The van der Waals surface area contributed by atoms with Gasteiger partial charge in [0.05, 0.1) is 12.0 Å². The lowest BCUT2D eigenvalue weighted by Crippen LogP contribution is -2.18. The Bertz CT molecular complexity index is 786. The monoisotopic (exact) mass is 344 g/mol. The Morgan fingerprint density at radius 3 is 2.81 bits per heavy atom. The molecule has 0 unspecified atom stereocenters. The minimum Gasteiger partial charge on any atom is -0.389 e. The van der Waals surface area contributed by atoms with E-state index in [1.165, 1.54) is 18.6 Å². The van der Waals surface area contributed by atoms with Crippen LogP contribution in [0.25, 0.3) is 0 Å². The van der Waals surface area contributed by atoms with Crippen molar-refractivity contribution in [2.75, 3.05) is 4.72 Å². The molecular formula is C12H13ClN4O2S2. The number of halogens is 1. The molecule has 2 rings (SSSR count). The highest BCUT2D eigenvalue weighted by Gasteiger charge is 2.19. The molecule has 0 spiro atoms. The van der Waals surface area contributed by atoms with Crippen molar-refractivity contribution < 1.29 is 8.42 Å². The van der Waals surface area contributed by atoms with E-state index in [1.54, 1.807) is 16.7 Å². The summed E-state index contributed by atoms with van der Waals surface area (Å²) in [5.41, 5.74) is 6.20. The molecule has 2 aromatic rings. The van der Waals surface area contributed by atoms with Crippen molar-refractivity contribution in [2.24, 2.45) is 5.73 Å². The molecule has 1 aromatic heterocycles. The Hall–Kier alpha value is -1.64. The van der Waals surface area contributed by atoms with Crippen LogP contribution in [0.5, 0.6) is 0 Å². The van der Waals surface area contributed by atoms with Crippen LogP contribution in [0.4, 0.5) is 5.69 Å². The number of imidazole rings is 1. The van der Waals surface area contributed by atoms with Gasteiger partial charge >= 0.3 is 0 Å². The van der Waals surface area contributed by atoms with Gasteiger partial charge in [0, 0.05) is 23.3 Å². The first-order valence-electron chi connectivity index (χ1n) is 5.97. The Morgan fingerprint density at radius 2 is 2.24 bits per heavy atom. The van der Waals surface area contributed by atoms with Crippen molar-refractivity contribution >= 4 is 44.5 Å². The maximum atomic E-state index is 12.3. The van der Waals surface area contributed by atoms with Crippen molar-refractivity contribution in [3.05, 3.63) is 41.3 Å². The van der Waals surface area contributed by atoms with Crippen LogP contribution in [0.15, 0.2) is 35.7 Å². The van der Waals surface area contributed by atoms with Crippen molar-refractivity contribution in [1.29, 1.82) is 0 Å². The molecule has 21 heavy (non-hydrogen) atoms. The highest BCUT2D eigenvalue weighted by molar-refractivity contribution is 7.92. The molecule has 112 valence electrons. The number of nitrogens with one attached hydrogen (secondary N) is 1. The third-order valence-corrected chi connectivity index (χ3v) is 4.45. The predicted molar refractivity (Wildman–Crippen MR) is 86.0 cm³/mol. The predicted octanol–water partition coefficient (Wildman–Crippen LogP) is 1.99. The van der Waals surface area contributed by atoms with E-state index in [-0.39, 0.29) is 15.7 Å². The number of aromatic nitrogens is 2. The number of rotatable bonds is 5. The fraction of sp³-hybridized carbons (Fsp3) is 0.167. The summed E-state index contributed by atoms with van der Waals surface area (Å²) >= 11 is 10.8. The number of nitrogens with zero attached hydrogens (tertiary/aromatic N) is 2. The summed E-state index contributed by atoms with van der Waals surface area (Å²) in [4.78, 5) is 3.94. The van der Waals surface area contributed by atoms with Gasteiger partial charge in [-0.3, -0.25) is 4.72 Å². The SMILES string of the molecule is CCn1cnc(S(=O)(=O)Nc2cc(Cl)ccc2C(N)=S)c1. The summed E-state index contributed by atoms with van der Waals surface area (Å²) < 4.78 is 28.7. The zero-order chi connectivity index (χ0) is 15.6. The number of hydrogen-bond donors (Lipinski definition) is 2. The van der Waals surface area contributed by atoms with Gasteiger partial charge < -0.3 is 10.3 Å². The average Bonchev–Trinajstić information content (AvgIpc) is 2.87. The van der Waals surface area contributed by atoms with E-state index in [0.717, 1.165) is 0 Å². The number of benzene rings is 1. The van der Waals surface area contributed by atoms with Crippen LogP contribution in [0, 0.1) is 0 Å². The number of sulfonamides is 1. The Labute approximate surface area is 133 Å². The van der Waals surface area contributed by atoms with Crippen LogP contribution in [0.1, 0.15) is 12.5 Å². The summed E-state index contributed by atoms with van der Waals surface area (Å²) in [6.07, 6.45) is 2.88. The number of aryl methyl sites for hydroxylation is 1. The summed E-state index contributed by atoms with van der Waals surface area (Å²) in [5, 5.41) is 0.282. The highest BCUT2D eigenvalue weighted by atomic mass is 35.5. The van der Waals surface area contributed by atoms with Crippen LogP contribution in [0.3, 0.4) is 0 Å². The van der Waals surface area contributed by atoms with Gasteiger partial charge in [0.2, 0.25) is 0 Å². The van der Waals surface area contributed by atoms with Crippen LogP contribution in [-0.4, -0.2) is 23.0 Å². The highest BCUT2D eigenvalue weighted by Crippen LogP contribution is 2.23. The maximum absolute atomic E-state index is 12.3. The van der Waals surface area contributed by atoms with E-state index >= 15 is 0 Å². The van der Waals surface area contributed by atoms with Crippen molar-refractivity contribution in [2.45, 2.75) is 18.5 Å². The molecule has 0 fully saturated rings. The van der Waals surface area contributed by atoms with Crippen LogP contribution in [0.2, 0.25) is 5.02 Å². The first-order valence-corrected chi connectivity index (χ1v) is 8.24. The molecule has 0 atom stereocenters. The van der Waals surface area contributed by atoms with Crippen LogP contribution >= 0.6 is 23.8 Å². The molecule has 1 aromatic carbocycles. The van der Waals surface area contributed by atoms with Crippen molar-refractivity contribution in [3.63, 3.8) is 0 Å². The largest absolute Gasteiger partial charge is 0.389 e. The lowest BCUT2D eigenvalue weighted by Gasteiger charge is -2.11. The second-order valence-electron chi connectivity index (χ2n) is 4.20. The molecule has 1 heterocycles. The molecule has 0 aliphatic carbocycles. The number of hydrogen-bond acceptors (Lipinski definition) is 4. The smallest absolute Gasteiger partial charge is 0.280 e. The second kappa shape index (κ2) is 6.00. The molecule has 0 amide bonds. The fourth-order valence-corrected chi connectivity index (χ4v) is 3.04. The van der Waals surface area contributed by atoms with E-state index in [2.05, 4.69) is 9.71 Å². The normalized spacial score (nSPS) is 11.3. The van der Waals surface area contributed by atoms with Crippen molar-refractivity contribution in [3.8, 4) is 0 Å². The number of anilines is 1. The molecule has 0 aliphatic rings. The van der Waals surface area contributed by atoms with E-state index < -0.39 is 10.0 Å². The van der Waals surface area contributed by atoms with E-state index in [1.807, 2.05) is 6.92 Å². The van der Waals surface area contributed by atoms with E-state index in [9.17, 15) is 8.42 Å². The minimum absolute atomic E-state index is 0.0726. The van der Waals surface area contributed by atoms with Crippen LogP contribution < -0.4 is 10.5 Å². The quantitative estimate of drug-likeness (QED) is 0.809. The molecule has 0 saturated heterocycles. The molecular weight excluding hydrogens is 332 g/mol. The number of nitrogens with two attached hydrogens (primary N) is 1. The Balaban J connectivity index is 2.41. The lowest BCUT2D eigenvalue weighted by atomic mass is 10.2. The molecule has 0 radical (unpaired) electrons. The Kier molecular flexibility index (Phi) is 4.50. The first-order chi connectivity index (χ1) is 9.83. The van der Waals surface area contributed by atoms with E-state index in [0.29, 0.717) is 17.1 Å². The summed E-state index contributed by atoms with van der Waals surface area (Å²) in [6, 6.07) is 4.59. The second-order valence-corrected chi connectivity index (χ2v) is 6.71. The van der Waals surface area contributed by atoms with Gasteiger partial charge in [0.15, 0.2) is 5.03 Å². The van der Waals surface area contributed by atoms with Crippen molar-refractivity contribution in [1.82, 2.24) is 9.55 Å². The zero-order valence-electron chi connectivity index (χ0n) is 11.1. The molecule has 0 saturated carbocycles. The Morgan fingerprint density at radius 1 is 1.52 bits per heavy atom. The third-order valence-electron chi connectivity index (χ3n) is 2.74. The van der Waals surface area contributed by atoms with Gasteiger partial charge in [-0.25, -0.2) is 4.98 Å². The maximum Gasteiger partial charge on any atom is 0.280 e. The summed E-state index contributed by atoms with van der Waals surface area (Å²) in [7, 11) is -3.83. The minimum atomic E-state index is -3.83. The summed E-state index contributed by atoms with van der Waals surface area (Å²) in [6.45, 7) is 2.51. The fourth-order valence-electron chi connectivity index (χ4n) is 1.66. The molecule has 0 bridgehead atoms. The van der Waals surface area contributed by atoms with E-state index in [4.69, 9.17) is 29.6 Å². The van der Waals surface area contributed by atoms with Gasteiger partial charge in [-0.2, -0.15) is 8.42 Å². The number of thiocarbonyl (C=S) groups is 1. The summed E-state index contributed by atoms with van der Waals surface area (Å²) in [5.74, 6) is 0. The third kappa shape index (κ3) is 3.52. The van der Waals surface area contributed by atoms with Gasteiger partial charge in [-0.15, -0.1) is 0 Å². The average molecular weight is 345 g/mol. The van der Waals surface area contributed by atoms with Crippen LogP contribution in [-0.2, 0) is 16.6 Å². The standard InChI is InChI=1S/C12H13ClN4O2S2/c1-2-17-6-11(15-7-17)21(18,19)16-10-5-8(13)3-4-9(10)12(14)20/h3-7,16H,2H2,1H3,(H2,14,20). The van der Waals surface area contributed by atoms with Gasteiger partial charge in [0.1, 0.15) is 4.99 Å². The molecule has 0 aliphatic heterocycles. The zero-order valence-corrected chi connectivity index (χ0v) is 13.5. The van der Waals surface area contributed by atoms with Gasteiger partial charge in [0.25, 0.3) is 10.0 Å². The van der Waals surface area contributed by atoms with Gasteiger partial charge in [-0.05, 0) is 25.1 Å². The molecule has 9 heteroatoms. The first kappa shape index (κ1) is 15.7. The molecule has 6 nitrogen and oxygen atoms in total. The topological polar surface area (TPSA) is 90.0 Å². The molecule has 3 N–H and O–H groups in total.